The first-order chi connectivity index (χ1) is 14.2. The standard InChI is InChI=1S/C23H28N2O4/c1-27-21(15-25-23(26)20-13-19(20)16-5-3-2-4-6-16)17-7-8-22(24-14-17)29-18-9-11-28-12-10-18/h2-8,14,18-21H,9-13,15H2,1H3,(H,25,26)/t19-,20+,21+/m1/s1. The molecule has 6 nitrogen and oxygen atoms in total. The molecule has 0 bridgehead atoms. The number of carbonyl (C=O) groups is 1. The summed E-state index contributed by atoms with van der Waals surface area (Å²) in [6, 6.07) is 14.0. The molecule has 1 amide bonds. The zero-order valence-electron chi connectivity index (χ0n) is 16.8. The minimum Gasteiger partial charge on any atom is -0.474 e. The van der Waals surface area contributed by atoms with E-state index in [0.717, 1.165) is 38.0 Å². The molecule has 2 aromatic rings. The number of hydrogen-bond donors (Lipinski definition) is 1. The van der Waals surface area contributed by atoms with E-state index in [2.05, 4.69) is 22.4 Å². The molecule has 1 N–H and O–H groups in total. The van der Waals surface area contributed by atoms with E-state index in [0.29, 0.717) is 18.3 Å². The fourth-order valence-corrected chi connectivity index (χ4v) is 3.83. The SMILES string of the molecule is CO[C@@H](CNC(=O)[C@H]1C[C@@H]1c1ccccc1)c1ccc(OC2CCOCC2)nc1. The largest absolute Gasteiger partial charge is 0.474 e. The van der Waals surface area contributed by atoms with E-state index in [9.17, 15) is 4.79 Å². The van der Waals surface area contributed by atoms with Crippen molar-refractivity contribution >= 4 is 5.91 Å². The van der Waals surface area contributed by atoms with Gasteiger partial charge in [-0.1, -0.05) is 30.3 Å². The lowest BCUT2D eigenvalue weighted by atomic mass is 10.1. The Bertz CT molecular complexity index is 790. The Hall–Kier alpha value is -2.44. The highest BCUT2D eigenvalue weighted by molar-refractivity contribution is 5.82. The fraction of sp³-hybridized carbons (Fsp3) is 0.478. The van der Waals surface area contributed by atoms with Gasteiger partial charge in [-0.15, -0.1) is 0 Å². The molecule has 1 aromatic heterocycles. The number of hydrogen-bond acceptors (Lipinski definition) is 5. The van der Waals surface area contributed by atoms with Crippen LogP contribution in [0.1, 0.15) is 42.4 Å². The molecule has 2 aliphatic rings. The number of carbonyl (C=O) groups excluding carboxylic acids is 1. The lowest BCUT2D eigenvalue weighted by Crippen LogP contribution is -2.30. The van der Waals surface area contributed by atoms with Crippen LogP contribution in [0.15, 0.2) is 48.7 Å². The number of aromatic nitrogens is 1. The average molecular weight is 396 g/mol. The van der Waals surface area contributed by atoms with E-state index < -0.39 is 0 Å². The van der Waals surface area contributed by atoms with Crippen LogP contribution in [0.25, 0.3) is 0 Å². The highest BCUT2D eigenvalue weighted by Crippen LogP contribution is 2.47. The molecule has 154 valence electrons. The van der Waals surface area contributed by atoms with Crippen LogP contribution in [-0.4, -0.2) is 43.9 Å². The van der Waals surface area contributed by atoms with Crippen molar-refractivity contribution in [2.45, 2.75) is 37.4 Å². The van der Waals surface area contributed by atoms with Crippen molar-refractivity contribution in [3.05, 3.63) is 59.8 Å². The Balaban J connectivity index is 1.27. The van der Waals surface area contributed by atoms with Crippen LogP contribution < -0.4 is 10.1 Å². The number of pyridine rings is 1. The molecule has 1 saturated heterocycles. The van der Waals surface area contributed by atoms with Gasteiger partial charge in [-0.2, -0.15) is 0 Å². The minimum atomic E-state index is -0.238. The van der Waals surface area contributed by atoms with E-state index >= 15 is 0 Å². The highest BCUT2D eigenvalue weighted by atomic mass is 16.5. The number of ether oxygens (including phenoxy) is 3. The van der Waals surface area contributed by atoms with Crippen molar-refractivity contribution in [3.8, 4) is 5.88 Å². The van der Waals surface area contributed by atoms with Gasteiger partial charge in [0.25, 0.3) is 0 Å². The van der Waals surface area contributed by atoms with Gasteiger partial charge in [0.2, 0.25) is 11.8 Å². The second-order valence-electron chi connectivity index (χ2n) is 7.69. The Morgan fingerprint density at radius 3 is 2.69 bits per heavy atom. The molecule has 1 aliphatic carbocycles. The molecule has 0 unspecified atom stereocenters. The number of rotatable bonds is 8. The summed E-state index contributed by atoms with van der Waals surface area (Å²) < 4.78 is 16.8. The van der Waals surface area contributed by atoms with Crippen molar-refractivity contribution in [3.63, 3.8) is 0 Å². The highest BCUT2D eigenvalue weighted by Gasteiger charge is 2.43. The van der Waals surface area contributed by atoms with Gasteiger partial charge in [-0.05, 0) is 24.0 Å². The molecule has 0 spiro atoms. The summed E-state index contributed by atoms with van der Waals surface area (Å²) in [6.45, 7) is 1.90. The van der Waals surface area contributed by atoms with Gasteiger partial charge in [0.15, 0.2) is 0 Å². The predicted molar refractivity (Wildman–Crippen MR) is 109 cm³/mol. The van der Waals surface area contributed by atoms with Crippen LogP contribution in [0.5, 0.6) is 5.88 Å². The number of methoxy groups -OCH3 is 1. The molecule has 4 rings (SSSR count). The van der Waals surface area contributed by atoms with E-state index in [4.69, 9.17) is 14.2 Å². The Morgan fingerprint density at radius 1 is 1.21 bits per heavy atom. The smallest absolute Gasteiger partial charge is 0.223 e. The summed E-state index contributed by atoms with van der Waals surface area (Å²) in [5.74, 6) is 1.10. The van der Waals surface area contributed by atoms with Crippen molar-refractivity contribution in [1.29, 1.82) is 0 Å². The Morgan fingerprint density at radius 2 is 2.00 bits per heavy atom. The predicted octanol–water partition coefficient (Wildman–Crippen LogP) is 3.25. The third kappa shape index (κ3) is 5.14. The number of benzene rings is 1. The van der Waals surface area contributed by atoms with E-state index in [1.165, 1.54) is 5.56 Å². The van der Waals surface area contributed by atoms with Crippen LogP contribution >= 0.6 is 0 Å². The summed E-state index contributed by atoms with van der Waals surface area (Å²) in [5.41, 5.74) is 2.16. The van der Waals surface area contributed by atoms with Crippen LogP contribution in [-0.2, 0) is 14.3 Å². The summed E-state index contributed by atoms with van der Waals surface area (Å²) in [5, 5.41) is 3.04. The summed E-state index contributed by atoms with van der Waals surface area (Å²) in [4.78, 5) is 16.9. The fourth-order valence-electron chi connectivity index (χ4n) is 3.83. The molecular weight excluding hydrogens is 368 g/mol. The van der Waals surface area contributed by atoms with Crippen LogP contribution in [0, 0.1) is 5.92 Å². The first kappa shape index (κ1) is 19.9. The van der Waals surface area contributed by atoms with Crippen LogP contribution in [0.3, 0.4) is 0 Å². The summed E-state index contributed by atoms with van der Waals surface area (Å²) >= 11 is 0. The van der Waals surface area contributed by atoms with Gasteiger partial charge in [0.1, 0.15) is 12.2 Å². The Labute approximate surface area is 171 Å². The monoisotopic (exact) mass is 396 g/mol. The van der Waals surface area contributed by atoms with Gasteiger partial charge in [0.05, 0.1) is 13.2 Å². The molecule has 6 heteroatoms. The summed E-state index contributed by atoms with van der Waals surface area (Å²) in [7, 11) is 1.65. The maximum absolute atomic E-state index is 12.5. The number of nitrogens with one attached hydrogen (secondary N) is 1. The molecule has 1 saturated carbocycles. The Kier molecular flexibility index (Phi) is 6.42. The molecule has 3 atom stereocenters. The third-order valence-electron chi connectivity index (χ3n) is 5.69. The second-order valence-corrected chi connectivity index (χ2v) is 7.69. The zero-order chi connectivity index (χ0) is 20.1. The summed E-state index contributed by atoms with van der Waals surface area (Å²) in [6.07, 6.45) is 4.38. The van der Waals surface area contributed by atoms with Crippen molar-refractivity contribution in [2.24, 2.45) is 5.92 Å². The van der Waals surface area contributed by atoms with Gasteiger partial charge in [0, 0.05) is 50.2 Å². The molecule has 2 fully saturated rings. The zero-order valence-corrected chi connectivity index (χ0v) is 16.8. The molecule has 29 heavy (non-hydrogen) atoms. The van der Waals surface area contributed by atoms with E-state index in [1.54, 1.807) is 13.3 Å². The average Bonchev–Trinajstić information content (AvgIpc) is 3.58. The first-order valence-electron chi connectivity index (χ1n) is 10.3. The molecule has 1 aromatic carbocycles. The van der Waals surface area contributed by atoms with Gasteiger partial charge in [-0.25, -0.2) is 4.98 Å². The third-order valence-corrected chi connectivity index (χ3v) is 5.69. The first-order valence-corrected chi connectivity index (χ1v) is 10.3. The van der Waals surface area contributed by atoms with Crippen molar-refractivity contribution < 1.29 is 19.0 Å². The second kappa shape index (κ2) is 9.37. The number of nitrogens with zero attached hydrogens (tertiary/aromatic N) is 1. The normalized spacial score (nSPS) is 22.7. The lowest BCUT2D eigenvalue weighted by Gasteiger charge is -2.23. The maximum atomic E-state index is 12.5. The molecular formula is C23H28N2O4. The van der Waals surface area contributed by atoms with Gasteiger partial charge < -0.3 is 19.5 Å². The van der Waals surface area contributed by atoms with Gasteiger partial charge in [-0.3, -0.25) is 4.79 Å². The van der Waals surface area contributed by atoms with Crippen LogP contribution in [0.2, 0.25) is 0 Å². The minimum absolute atomic E-state index is 0.0586. The van der Waals surface area contributed by atoms with E-state index in [-0.39, 0.29) is 24.0 Å². The maximum Gasteiger partial charge on any atom is 0.223 e. The van der Waals surface area contributed by atoms with Crippen molar-refractivity contribution in [1.82, 2.24) is 10.3 Å². The van der Waals surface area contributed by atoms with Gasteiger partial charge >= 0.3 is 0 Å². The quantitative estimate of drug-likeness (QED) is 0.742. The van der Waals surface area contributed by atoms with Crippen LogP contribution in [0.4, 0.5) is 0 Å². The topological polar surface area (TPSA) is 69.7 Å². The number of amides is 1. The lowest BCUT2D eigenvalue weighted by molar-refractivity contribution is -0.123. The van der Waals surface area contributed by atoms with E-state index in [1.807, 2.05) is 30.3 Å². The molecule has 0 radical (unpaired) electrons. The molecule has 2 heterocycles. The molecule has 1 aliphatic heterocycles. The van der Waals surface area contributed by atoms with Crippen molar-refractivity contribution in [2.75, 3.05) is 26.9 Å².